The molecule has 26 heavy (non-hydrogen) atoms. The summed E-state index contributed by atoms with van der Waals surface area (Å²) in [5.41, 5.74) is 2.64. The molecule has 0 bridgehead atoms. The smallest absolute Gasteiger partial charge is 0.191 e. The molecule has 1 heterocycles. The van der Waals surface area contributed by atoms with E-state index in [1.165, 1.54) is 6.07 Å². The van der Waals surface area contributed by atoms with E-state index in [0.717, 1.165) is 36.3 Å². The summed E-state index contributed by atoms with van der Waals surface area (Å²) >= 11 is 6.16. The number of aliphatic imine (C=N–C) groups is 1. The number of rotatable bonds is 6. The summed E-state index contributed by atoms with van der Waals surface area (Å²) in [6, 6.07) is 4.93. The Kier molecular flexibility index (Phi) is 5.81. The minimum absolute atomic E-state index is 0.0650. The third kappa shape index (κ3) is 3.85. The summed E-state index contributed by atoms with van der Waals surface area (Å²) in [7, 11) is 1.72. The number of guanidine groups is 1. The Morgan fingerprint density at radius 3 is 2.85 bits per heavy atom. The normalized spacial score (nSPS) is 19.5. The van der Waals surface area contributed by atoms with Crippen LogP contribution in [0.1, 0.15) is 48.8 Å². The lowest BCUT2D eigenvalue weighted by atomic mass is 10.1. The van der Waals surface area contributed by atoms with Gasteiger partial charge in [-0.15, -0.1) is 0 Å². The van der Waals surface area contributed by atoms with Gasteiger partial charge >= 0.3 is 0 Å². The van der Waals surface area contributed by atoms with Crippen molar-refractivity contribution in [2.45, 2.75) is 51.6 Å². The van der Waals surface area contributed by atoms with E-state index in [9.17, 15) is 4.39 Å². The summed E-state index contributed by atoms with van der Waals surface area (Å²) in [5, 5.41) is 11.3. The zero-order chi connectivity index (χ0) is 18.7. The van der Waals surface area contributed by atoms with Crippen molar-refractivity contribution in [3.8, 4) is 0 Å². The summed E-state index contributed by atoms with van der Waals surface area (Å²) in [6.07, 6.45) is 2.45. The van der Waals surface area contributed by atoms with Crippen LogP contribution in [0.4, 0.5) is 4.39 Å². The topological polar surface area (TPSA) is 62.5 Å². The molecule has 2 atom stereocenters. The first kappa shape index (κ1) is 18.7. The van der Waals surface area contributed by atoms with E-state index in [4.69, 9.17) is 16.1 Å². The van der Waals surface area contributed by atoms with Gasteiger partial charge in [0.1, 0.15) is 11.6 Å². The molecule has 5 nitrogen and oxygen atoms in total. The third-order valence-electron chi connectivity index (χ3n) is 4.75. The van der Waals surface area contributed by atoms with Crippen LogP contribution in [0.5, 0.6) is 0 Å². The second-order valence-electron chi connectivity index (χ2n) is 6.39. The number of nitrogens with one attached hydrogen (secondary N) is 2. The third-order valence-corrected chi connectivity index (χ3v) is 5.08. The van der Waals surface area contributed by atoms with Crippen molar-refractivity contribution in [1.82, 2.24) is 15.8 Å². The summed E-state index contributed by atoms with van der Waals surface area (Å²) in [6.45, 7) is 4.69. The van der Waals surface area contributed by atoms with Gasteiger partial charge in [0.05, 0.1) is 5.69 Å². The van der Waals surface area contributed by atoms with Gasteiger partial charge in [-0.3, -0.25) is 4.99 Å². The molecule has 1 aliphatic rings. The van der Waals surface area contributed by atoms with Crippen molar-refractivity contribution in [3.05, 3.63) is 51.6 Å². The van der Waals surface area contributed by atoms with Gasteiger partial charge in [-0.1, -0.05) is 36.7 Å². The Hall–Kier alpha value is -2.08. The standard InChI is InChI=1S/C19H24ClFN4O/c1-4-15-12(17(5-2)26-25-15)10-23-19(22-3)24-16-9-11(16)18-13(20)7-6-8-14(18)21/h6-8,11,16H,4-5,9-10H2,1-3H3,(H2,22,23,24). The molecule has 0 amide bonds. The first-order valence-electron chi connectivity index (χ1n) is 8.96. The van der Waals surface area contributed by atoms with Crippen molar-refractivity contribution in [2.75, 3.05) is 7.05 Å². The molecule has 1 aromatic carbocycles. The van der Waals surface area contributed by atoms with Crippen LogP contribution in [0.15, 0.2) is 27.7 Å². The summed E-state index contributed by atoms with van der Waals surface area (Å²) in [4.78, 5) is 4.27. The van der Waals surface area contributed by atoms with E-state index in [2.05, 4.69) is 27.7 Å². The Morgan fingerprint density at radius 2 is 2.19 bits per heavy atom. The van der Waals surface area contributed by atoms with Crippen LogP contribution >= 0.6 is 11.6 Å². The molecule has 7 heteroatoms. The van der Waals surface area contributed by atoms with E-state index in [1.807, 2.05) is 6.92 Å². The predicted octanol–water partition coefficient (Wildman–Crippen LogP) is 3.81. The summed E-state index contributed by atoms with van der Waals surface area (Å²) < 4.78 is 19.4. The van der Waals surface area contributed by atoms with Gasteiger partial charge in [0, 0.05) is 48.1 Å². The molecule has 1 aliphatic carbocycles. The van der Waals surface area contributed by atoms with Crippen LogP contribution in [0.2, 0.25) is 5.02 Å². The van der Waals surface area contributed by atoms with Gasteiger partial charge in [0.2, 0.25) is 0 Å². The first-order valence-corrected chi connectivity index (χ1v) is 9.34. The van der Waals surface area contributed by atoms with E-state index < -0.39 is 0 Å². The molecule has 1 fully saturated rings. The van der Waals surface area contributed by atoms with E-state index >= 15 is 0 Å². The molecule has 1 saturated carbocycles. The highest BCUT2D eigenvalue weighted by atomic mass is 35.5. The Bertz CT molecular complexity index is 763. The second kappa shape index (κ2) is 8.08. The zero-order valence-electron chi connectivity index (χ0n) is 15.3. The number of hydrogen-bond acceptors (Lipinski definition) is 3. The van der Waals surface area contributed by atoms with Gasteiger partial charge in [-0.05, 0) is 25.0 Å². The minimum Gasteiger partial charge on any atom is -0.361 e. The van der Waals surface area contributed by atoms with Gasteiger partial charge in [-0.2, -0.15) is 0 Å². The fraction of sp³-hybridized carbons (Fsp3) is 0.474. The average Bonchev–Trinajstić information content (AvgIpc) is 3.26. The Morgan fingerprint density at radius 1 is 1.38 bits per heavy atom. The number of aromatic nitrogens is 1. The number of hydrogen-bond donors (Lipinski definition) is 2. The van der Waals surface area contributed by atoms with Gasteiger partial charge in [0.25, 0.3) is 0 Å². The van der Waals surface area contributed by atoms with Crippen molar-refractivity contribution < 1.29 is 8.91 Å². The van der Waals surface area contributed by atoms with Crippen LogP contribution in [0.3, 0.4) is 0 Å². The van der Waals surface area contributed by atoms with Crippen molar-refractivity contribution in [3.63, 3.8) is 0 Å². The van der Waals surface area contributed by atoms with Crippen LogP contribution < -0.4 is 10.6 Å². The molecule has 0 spiro atoms. The highest BCUT2D eigenvalue weighted by molar-refractivity contribution is 6.31. The molecule has 0 saturated heterocycles. The number of benzene rings is 1. The fourth-order valence-electron chi connectivity index (χ4n) is 3.22. The average molecular weight is 379 g/mol. The Labute approximate surface area is 158 Å². The van der Waals surface area contributed by atoms with Crippen molar-refractivity contribution in [1.29, 1.82) is 0 Å². The maximum atomic E-state index is 14.1. The maximum Gasteiger partial charge on any atom is 0.191 e. The van der Waals surface area contributed by atoms with Crippen LogP contribution in [0, 0.1) is 5.82 Å². The molecule has 0 radical (unpaired) electrons. The SMILES string of the molecule is CCc1noc(CC)c1CNC(=NC)NC1CC1c1c(F)cccc1Cl. The minimum atomic E-state index is -0.251. The lowest BCUT2D eigenvalue weighted by molar-refractivity contribution is 0.380. The molecule has 2 aromatic rings. The fourth-order valence-corrected chi connectivity index (χ4v) is 3.52. The highest BCUT2D eigenvalue weighted by Gasteiger charge is 2.41. The molecular weight excluding hydrogens is 355 g/mol. The quantitative estimate of drug-likeness (QED) is 0.592. The molecule has 0 aliphatic heterocycles. The van der Waals surface area contributed by atoms with Crippen LogP contribution in [-0.2, 0) is 19.4 Å². The molecule has 1 aromatic heterocycles. The first-order chi connectivity index (χ1) is 12.6. The van der Waals surface area contributed by atoms with Crippen molar-refractivity contribution >= 4 is 17.6 Å². The zero-order valence-corrected chi connectivity index (χ0v) is 16.0. The highest BCUT2D eigenvalue weighted by Crippen LogP contribution is 2.44. The Balaban J connectivity index is 1.61. The van der Waals surface area contributed by atoms with Gasteiger partial charge in [0.15, 0.2) is 5.96 Å². The van der Waals surface area contributed by atoms with E-state index in [-0.39, 0.29) is 17.8 Å². The van der Waals surface area contributed by atoms with Crippen LogP contribution in [-0.4, -0.2) is 24.2 Å². The lowest BCUT2D eigenvalue weighted by Crippen LogP contribution is -2.38. The molecule has 3 rings (SSSR count). The van der Waals surface area contributed by atoms with Crippen molar-refractivity contribution in [2.24, 2.45) is 4.99 Å². The van der Waals surface area contributed by atoms with Crippen LogP contribution in [0.25, 0.3) is 0 Å². The molecule has 2 N–H and O–H groups in total. The number of nitrogens with zero attached hydrogens (tertiary/aromatic N) is 2. The van der Waals surface area contributed by atoms with E-state index in [1.54, 1.807) is 19.2 Å². The maximum absolute atomic E-state index is 14.1. The monoisotopic (exact) mass is 378 g/mol. The largest absolute Gasteiger partial charge is 0.361 e. The molecular formula is C19H24ClFN4O. The molecule has 2 unspecified atom stereocenters. The predicted molar refractivity (Wildman–Crippen MR) is 101 cm³/mol. The number of aryl methyl sites for hydroxylation is 2. The lowest BCUT2D eigenvalue weighted by Gasteiger charge is -2.13. The van der Waals surface area contributed by atoms with E-state index in [0.29, 0.717) is 23.1 Å². The summed E-state index contributed by atoms with van der Waals surface area (Å²) in [5.74, 6) is 1.39. The van der Waals surface area contributed by atoms with Gasteiger partial charge in [-0.25, -0.2) is 4.39 Å². The van der Waals surface area contributed by atoms with Gasteiger partial charge < -0.3 is 15.2 Å². The molecule has 140 valence electrons. The number of halogens is 2. The second-order valence-corrected chi connectivity index (χ2v) is 6.80.